The second-order valence-electron chi connectivity index (χ2n) is 8.67. The zero-order valence-electron chi connectivity index (χ0n) is 14.8. The van der Waals surface area contributed by atoms with E-state index in [2.05, 4.69) is 36.1 Å². The van der Waals surface area contributed by atoms with E-state index in [1.165, 1.54) is 12.7 Å². The molecule has 4 bridgehead atoms. The molecule has 4 atom stereocenters. The summed E-state index contributed by atoms with van der Waals surface area (Å²) in [4.78, 5) is 14.9. The van der Waals surface area contributed by atoms with Gasteiger partial charge in [0, 0.05) is 11.1 Å². The average Bonchev–Trinajstić information content (AvgIpc) is 3.31. The van der Waals surface area contributed by atoms with Gasteiger partial charge in [0.1, 0.15) is 11.0 Å². The number of tetrazole rings is 1. The molecule has 9 nitrogen and oxygen atoms in total. The van der Waals surface area contributed by atoms with Crippen LogP contribution in [0.5, 0.6) is 0 Å². The monoisotopic (exact) mass is 364 g/mol. The van der Waals surface area contributed by atoms with Gasteiger partial charge in [-0.3, -0.25) is 4.79 Å². The maximum atomic E-state index is 13.1. The highest BCUT2D eigenvalue weighted by Crippen LogP contribution is 2.60. The van der Waals surface area contributed by atoms with Crippen molar-refractivity contribution in [3.8, 4) is 0 Å². The summed E-state index contributed by atoms with van der Waals surface area (Å²) in [6.45, 7) is 0. The molecule has 2 unspecified atom stereocenters. The predicted octanol–water partition coefficient (Wildman–Crippen LogP) is 1.42. The van der Waals surface area contributed by atoms with Crippen molar-refractivity contribution in [3.05, 3.63) is 30.1 Å². The first-order valence-corrected chi connectivity index (χ1v) is 9.50. The first-order chi connectivity index (χ1) is 13.1. The second-order valence-corrected chi connectivity index (χ2v) is 8.67. The second kappa shape index (κ2) is 5.11. The molecule has 0 radical (unpaired) electrons. The number of aromatic nitrogens is 7. The number of hydrogen-bond acceptors (Lipinski definition) is 6. The summed E-state index contributed by atoms with van der Waals surface area (Å²) in [7, 11) is 0. The molecule has 4 aliphatic carbocycles. The smallest absolute Gasteiger partial charge is 0.251 e. The number of fused-ring (bicyclic) bond motifs is 1. The molecule has 4 fully saturated rings. The van der Waals surface area contributed by atoms with Crippen LogP contribution < -0.4 is 5.32 Å². The zero-order chi connectivity index (χ0) is 18.1. The standard InChI is InChI=1S/C18H20N8O/c27-16(13-1-2-14-15(4-13)23-24-22-14)21-17-5-11-3-12(6-17)8-18(7-11,9-17)26-20-10-19-25-26/h1-2,4,10-12H,3,5-9H2,(H,21,27)(H,22,23,24)/t11-,12+,17?,18?. The molecule has 4 saturated carbocycles. The van der Waals surface area contributed by atoms with E-state index < -0.39 is 0 Å². The number of benzene rings is 1. The van der Waals surface area contributed by atoms with Crippen LogP contribution in [0.3, 0.4) is 0 Å². The van der Waals surface area contributed by atoms with Crippen LogP contribution in [0.1, 0.15) is 48.9 Å². The SMILES string of the molecule is O=C(NC12C[C@H]3C[C@@H](C1)CC(n1ncnn1)(C3)C2)c1ccc2n[nH]nc2c1. The number of nitrogens with zero attached hydrogens (tertiary/aromatic N) is 6. The van der Waals surface area contributed by atoms with Crippen molar-refractivity contribution in [2.24, 2.45) is 11.8 Å². The van der Waals surface area contributed by atoms with Gasteiger partial charge in [-0.15, -0.1) is 10.2 Å². The third-order valence-corrected chi connectivity index (χ3v) is 6.76. The Kier molecular flexibility index (Phi) is 2.89. The molecule has 138 valence electrons. The number of amides is 1. The van der Waals surface area contributed by atoms with E-state index in [1.54, 1.807) is 6.07 Å². The normalized spacial score (nSPS) is 34.2. The number of H-pyrrole nitrogens is 1. The van der Waals surface area contributed by atoms with E-state index in [0.29, 0.717) is 22.9 Å². The van der Waals surface area contributed by atoms with E-state index in [9.17, 15) is 4.79 Å². The zero-order valence-corrected chi connectivity index (χ0v) is 14.8. The molecule has 9 heteroatoms. The Morgan fingerprint density at radius 1 is 1.15 bits per heavy atom. The minimum absolute atomic E-state index is 0.0384. The molecular weight excluding hydrogens is 344 g/mol. The van der Waals surface area contributed by atoms with Gasteiger partial charge in [-0.1, -0.05) is 0 Å². The quantitative estimate of drug-likeness (QED) is 0.726. The molecule has 27 heavy (non-hydrogen) atoms. The summed E-state index contributed by atoms with van der Waals surface area (Å²) in [6.07, 6.45) is 7.89. The van der Waals surface area contributed by atoms with Gasteiger partial charge in [-0.05, 0) is 73.8 Å². The lowest BCUT2D eigenvalue weighted by atomic mass is 9.50. The molecule has 0 aliphatic heterocycles. The van der Waals surface area contributed by atoms with Gasteiger partial charge in [0.2, 0.25) is 0 Å². The maximum absolute atomic E-state index is 13.1. The molecule has 4 aliphatic rings. The molecule has 1 aromatic carbocycles. The van der Waals surface area contributed by atoms with Crippen molar-refractivity contribution in [1.82, 2.24) is 40.9 Å². The van der Waals surface area contributed by atoms with Gasteiger partial charge in [0.05, 0.1) is 5.54 Å². The van der Waals surface area contributed by atoms with Crippen LogP contribution in [0.25, 0.3) is 11.0 Å². The number of carbonyl (C=O) groups excluding carboxylic acids is 1. The fraction of sp³-hybridized carbons (Fsp3) is 0.556. The third kappa shape index (κ3) is 2.23. The van der Waals surface area contributed by atoms with Crippen molar-refractivity contribution in [2.75, 3.05) is 0 Å². The van der Waals surface area contributed by atoms with Gasteiger partial charge >= 0.3 is 0 Å². The van der Waals surface area contributed by atoms with Crippen LogP contribution >= 0.6 is 0 Å². The van der Waals surface area contributed by atoms with Crippen LogP contribution in [0, 0.1) is 11.8 Å². The summed E-state index contributed by atoms with van der Waals surface area (Å²) in [5.74, 6) is 1.18. The van der Waals surface area contributed by atoms with Crippen molar-refractivity contribution >= 4 is 16.9 Å². The van der Waals surface area contributed by atoms with Crippen LogP contribution in [0.2, 0.25) is 0 Å². The number of rotatable bonds is 3. The first-order valence-electron chi connectivity index (χ1n) is 9.50. The lowest BCUT2D eigenvalue weighted by Crippen LogP contribution is -2.66. The van der Waals surface area contributed by atoms with Crippen LogP contribution in [0.15, 0.2) is 24.5 Å². The largest absolute Gasteiger partial charge is 0.346 e. The lowest BCUT2D eigenvalue weighted by Gasteiger charge is -2.61. The summed E-state index contributed by atoms with van der Waals surface area (Å²) < 4.78 is 0. The Morgan fingerprint density at radius 3 is 2.74 bits per heavy atom. The Labute approximate surface area is 154 Å². The predicted molar refractivity (Wildman–Crippen MR) is 94.6 cm³/mol. The molecule has 2 N–H and O–H groups in total. The molecule has 2 aromatic heterocycles. The number of aromatic amines is 1. The highest BCUT2D eigenvalue weighted by Gasteiger charge is 2.60. The fourth-order valence-corrected chi connectivity index (χ4v) is 6.27. The highest BCUT2D eigenvalue weighted by molar-refractivity contribution is 5.97. The topological polar surface area (TPSA) is 114 Å². The van der Waals surface area contributed by atoms with E-state index >= 15 is 0 Å². The van der Waals surface area contributed by atoms with Gasteiger partial charge in [0.15, 0.2) is 6.33 Å². The Bertz CT molecular complexity index is 1010. The van der Waals surface area contributed by atoms with Gasteiger partial charge in [-0.2, -0.15) is 20.2 Å². The highest BCUT2D eigenvalue weighted by atomic mass is 16.1. The number of carbonyl (C=O) groups is 1. The maximum Gasteiger partial charge on any atom is 0.251 e. The Hall–Kier alpha value is -2.84. The third-order valence-electron chi connectivity index (χ3n) is 6.76. The fourth-order valence-electron chi connectivity index (χ4n) is 6.27. The summed E-state index contributed by atoms with van der Waals surface area (Å²) >= 11 is 0. The van der Waals surface area contributed by atoms with E-state index in [0.717, 1.165) is 37.6 Å². The molecule has 3 aromatic rings. The van der Waals surface area contributed by atoms with E-state index in [-0.39, 0.29) is 17.0 Å². The van der Waals surface area contributed by atoms with Crippen molar-refractivity contribution in [3.63, 3.8) is 0 Å². The lowest BCUT2D eigenvalue weighted by molar-refractivity contribution is -0.0810. The number of nitrogens with one attached hydrogen (secondary N) is 2. The van der Waals surface area contributed by atoms with Crippen molar-refractivity contribution in [1.29, 1.82) is 0 Å². The van der Waals surface area contributed by atoms with Crippen molar-refractivity contribution in [2.45, 2.75) is 49.6 Å². The van der Waals surface area contributed by atoms with E-state index in [4.69, 9.17) is 0 Å². The molecule has 2 heterocycles. The molecular formula is C18H20N8O. The molecule has 7 rings (SSSR count). The minimum Gasteiger partial charge on any atom is -0.346 e. The van der Waals surface area contributed by atoms with Crippen LogP contribution in [-0.2, 0) is 5.54 Å². The Balaban J connectivity index is 1.33. The molecule has 1 amide bonds. The molecule has 0 saturated heterocycles. The van der Waals surface area contributed by atoms with Gasteiger partial charge in [0.25, 0.3) is 5.91 Å². The number of hydrogen-bond donors (Lipinski definition) is 2. The van der Waals surface area contributed by atoms with Gasteiger partial charge in [-0.25, -0.2) is 0 Å². The summed E-state index contributed by atoms with van der Waals surface area (Å²) in [5, 5.41) is 26.7. The van der Waals surface area contributed by atoms with Crippen LogP contribution in [0.4, 0.5) is 0 Å². The average molecular weight is 364 g/mol. The summed E-state index contributed by atoms with van der Waals surface area (Å²) in [6, 6.07) is 5.44. The summed E-state index contributed by atoms with van der Waals surface area (Å²) in [5.41, 5.74) is 1.80. The Morgan fingerprint density at radius 2 is 1.96 bits per heavy atom. The van der Waals surface area contributed by atoms with Crippen molar-refractivity contribution < 1.29 is 4.79 Å². The first kappa shape index (κ1) is 15.2. The van der Waals surface area contributed by atoms with E-state index in [1.807, 2.05) is 16.9 Å². The molecule has 0 spiro atoms. The minimum atomic E-state index is -0.187. The van der Waals surface area contributed by atoms with Gasteiger partial charge < -0.3 is 5.32 Å². The van der Waals surface area contributed by atoms with Crippen LogP contribution in [-0.4, -0.2) is 47.1 Å².